The molecule has 1 amide bonds. The van der Waals surface area contributed by atoms with E-state index in [0.29, 0.717) is 53.6 Å². The molecular formula is C36H37ClN2O5. The average Bonchev–Trinajstić information content (AvgIpc) is 3.04. The lowest BCUT2D eigenvalue weighted by atomic mass is 10.00. The fraction of sp³-hybridized carbons (Fsp3) is 0.250. The van der Waals surface area contributed by atoms with Crippen LogP contribution < -0.4 is 15.0 Å². The minimum atomic E-state index is -0.715. The van der Waals surface area contributed by atoms with E-state index in [1.54, 1.807) is 47.4 Å². The van der Waals surface area contributed by atoms with Crippen LogP contribution in [0.1, 0.15) is 41.8 Å². The van der Waals surface area contributed by atoms with E-state index in [0.717, 1.165) is 11.3 Å². The van der Waals surface area contributed by atoms with Gasteiger partial charge >= 0.3 is 5.97 Å². The van der Waals surface area contributed by atoms with Gasteiger partial charge in [-0.15, -0.1) is 0 Å². The van der Waals surface area contributed by atoms with Crippen LogP contribution in [-0.4, -0.2) is 44.0 Å². The van der Waals surface area contributed by atoms with Crippen molar-refractivity contribution >= 4 is 40.6 Å². The Morgan fingerprint density at radius 3 is 2.25 bits per heavy atom. The predicted octanol–water partition coefficient (Wildman–Crippen LogP) is 7.23. The van der Waals surface area contributed by atoms with Crippen LogP contribution in [0.25, 0.3) is 0 Å². The smallest absolute Gasteiger partial charge is 0.328 e. The van der Waals surface area contributed by atoms with E-state index in [1.807, 2.05) is 74.5 Å². The number of hydrogen-bond donors (Lipinski definition) is 1. The number of rotatable bonds is 14. The Bertz CT molecular complexity index is 1560. The monoisotopic (exact) mass is 612 g/mol. The van der Waals surface area contributed by atoms with Gasteiger partial charge < -0.3 is 19.7 Å². The zero-order valence-corrected chi connectivity index (χ0v) is 25.9. The van der Waals surface area contributed by atoms with Crippen molar-refractivity contribution in [3.05, 3.63) is 125 Å². The van der Waals surface area contributed by atoms with E-state index in [4.69, 9.17) is 21.1 Å². The van der Waals surface area contributed by atoms with Gasteiger partial charge in [-0.05, 0) is 54.4 Å². The van der Waals surface area contributed by atoms with Crippen LogP contribution in [0.3, 0.4) is 0 Å². The zero-order valence-electron chi connectivity index (χ0n) is 25.2. The van der Waals surface area contributed by atoms with Crippen LogP contribution in [0.15, 0.2) is 103 Å². The number of ether oxygens (including phenoxy) is 2. The summed E-state index contributed by atoms with van der Waals surface area (Å²) < 4.78 is 11.0. The highest BCUT2D eigenvalue weighted by Gasteiger charge is 2.23. The first-order valence-electron chi connectivity index (χ1n) is 14.6. The summed E-state index contributed by atoms with van der Waals surface area (Å²) in [4.78, 5) is 40.5. The molecular weight excluding hydrogens is 576 g/mol. The van der Waals surface area contributed by atoms with Crippen LogP contribution in [0.5, 0.6) is 5.75 Å². The van der Waals surface area contributed by atoms with E-state index < -0.39 is 12.0 Å². The van der Waals surface area contributed by atoms with Crippen molar-refractivity contribution in [1.29, 1.82) is 0 Å². The maximum absolute atomic E-state index is 13.2. The summed E-state index contributed by atoms with van der Waals surface area (Å²) in [6, 6.07) is 30.2. The van der Waals surface area contributed by atoms with Crippen molar-refractivity contribution in [2.24, 2.45) is 5.92 Å². The number of methoxy groups -OCH3 is 1. The van der Waals surface area contributed by atoms with E-state index in [1.165, 1.54) is 7.11 Å². The molecule has 0 fully saturated rings. The summed E-state index contributed by atoms with van der Waals surface area (Å²) in [5.41, 5.74) is 3.25. The second-order valence-corrected chi connectivity index (χ2v) is 11.1. The normalized spacial score (nSPS) is 11.5. The maximum atomic E-state index is 13.2. The first-order chi connectivity index (χ1) is 21.3. The summed E-state index contributed by atoms with van der Waals surface area (Å²) in [5.74, 6) is -0.0174. The van der Waals surface area contributed by atoms with E-state index in [9.17, 15) is 14.4 Å². The Morgan fingerprint density at radius 1 is 0.864 bits per heavy atom. The van der Waals surface area contributed by atoms with Crippen molar-refractivity contribution < 1.29 is 23.9 Å². The lowest BCUT2D eigenvalue weighted by Crippen LogP contribution is -2.35. The van der Waals surface area contributed by atoms with Crippen LogP contribution in [0.4, 0.5) is 11.4 Å². The third-order valence-electron chi connectivity index (χ3n) is 7.06. The molecule has 0 aliphatic heterocycles. The fourth-order valence-corrected chi connectivity index (χ4v) is 4.95. The molecule has 0 aliphatic carbocycles. The minimum Gasteiger partial charge on any atom is -0.494 e. The predicted molar refractivity (Wildman–Crippen MR) is 175 cm³/mol. The number of amides is 1. The van der Waals surface area contributed by atoms with E-state index in [-0.39, 0.29) is 17.6 Å². The Hall–Kier alpha value is -4.62. The van der Waals surface area contributed by atoms with Crippen LogP contribution in [0, 0.1) is 5.92 Å². The lowest BCUT2D eigenvalue weighted by Gasteiger charge is -2.25. The number of para-hydroxylation sites is 1. The Kier molecular flexibility index (Phi) is 11.5. The number of carbonyl (C=O) groups excluding carboxylic acids is 3. The topological polar surface area (TPSA) is 84.9 Å². The largest absolute Gasteiger partial charge is 0.494 e. The number of esters is 1. The molecule has 7 nitrogen and oxygen atoms in total. The highest BCUT2D eigenvalue weighted by molar-refractivity contribution is 6.30. The third kappa shape index (κ3) is 8.71. The van der Waals surface area contributed by atoms with Gasteiger partial charge in [0.1, 0.15) is 11.8 Å². The van der Waals surface area contributed by atoms with Crippen molar-refractivity contribution in [2.45, 2.75) is 32.7 Å². The summed E-state index contributed by atoms with van der Waals surface area (Å²) in [7, 11) is 1.34. The van der Waals surface area contributed by atoms with Gasteiger partial charge in [-0.25, -0.2) is 4.79 Å². The second-order valence-electron chi connectivity index (χ2n) is 10.6. The Labute approximate surface area is 263 Å². The number of benzene rings is 4. The van der Waals surface area contributed by atoms with Gasteiger partial charge in [0.05, 0.1) is 13.7 Å². The number of carbonyl (C=O) groups is 3. The van der Waals surface area contributed by atoms with Crippen molar-refractivity contribution in [2.75, 3.05) is 30.5 Å². The zero-order chi connectivity index (χ0) is 31.5. The summed E-state index contributed by atoms with van der Waals surface area (Å²) >= 11 is 6.16. The standard InChI is InChI=1S/C36H37ClN2O5/c1-25(2)35(41)39(29-14-9-13-28(37)24-29)21-10-22-44-30-19-17-26(18-20-30)23-33(36(42)43-3)38-32-16-8-7-15-31(32)34(40)27-11-5-4-6-12-27/h4-9,11-20,24-25,33,38H,10,21-23H2,1-3H3/t33-/m0/s1. The molecule has 8 heteroatoms. The molecule has 0 radical (unpaired) electrons. The molecule has 1 atom stereocenters. The molecule has 0 saturated heterocycles. The summed E-state index contributed by atoms with van der Waals surface area (Å²) in [5, 5.41) is 3.81. The quantitative estimate of drug-likeness (QED) is 0.0919. The summed E-state index contributed by atoms with van der Waals surface area (Å²) in [6.07, 6.45) is 0.967. The molecule has 0 unspecified atom stereocenters. The highest BCUT2D eigenvalue weighted by atomic mass is 35.5. The molecule has 0 spiro atoms. The molecule has 4 aromatic carbocycles. The van der Waals surface area contributed by atoms with Gasteiger partial charge in [0.25, 0.3) is 0 Å². The van der Waals surface area contributed by atoms with Crippen LogP contribution in [-0.2, 0) is 20.7 Å². The highest BCUT2D eigenvalue weighted by Crippen LogP contribution is 2.24. The number of halogens is 1. The molecule has 228 valence electrons. The van der Waals surface area contributed by atoms with Gasteiger partial charge in [0.15, 0.2) is 5.78 Å². The van der Waals surface area contributed by atoms with Crippen molar-refractivity contribution in [1.82, 2.24) is 0 Å². The molecule has 4 aromatic rings. The third-order valence-corrected chi connectivity index (χ3v) is 7.30. The molecule has 0 bridgehead atoms. The fourth-order valence-electron chi connectivity index (χ4n) is 4.77. The van der Waals surface area contributed by atoms with Gasteiger partial charge in [0, 0.05) is 46.4 Å². The number of hydrogen-bond acceptors (Lipinski definition) is 6. The Morgan fingerprint density at radius 2 is 1.57 bits per heavy atom. The molecule has 0 aromatic heterocycles. The van der Waals surface area contributed by atoms with Crippen molar-refractivity contribution in [3.8, 4) is 5.75 Å². The van der Waals surface area contributed by atoms with E-state index >= 15 is 0 Å². The Balaban J connectivity index is 1.37. The average molecular weight is 613 g/mol. The second kappa shape index (κ2) is 15.7. The maximum Gasteiger partial charge on any atom is 0.328 e. The molecule has 0 heterocycles. The number of nitrogens with one attached hydrogen (secondary N) is 1. The SMILES string of the molecule is COC(=O)[C@H](Cc1ccc(OCCCN(C(=O)C(C)C)c2cccc(Cl)c2)cc1)Nc1ccccc1C(=O)c1ccccc1. The molecule has 4 rings (SSSR count). The number of ketones is 1. The van der Waals surface area contributed by atoms with Crippen LogP contribution >= 0.6 is 11.6 Å². The first-order valence-corrected chi connectivity index (χ1v) is 15.0. The molecule has 1 N–H and O–H groups in total. The van der Waals surface area contributed by atoms with Crippen LogP contribution in [0.2, 0.25) is 5.02 Å². The summed E-state index contributed by atoms with van der Waals surface area (Å²) in [6.45, 7) is 4.67. The van der Waals surface area contributed by atoms with Crippen molar-refractivity contribution in [3.63, 3.8) is 0 Å². The first kappa shape index (κ1) is 32.3. The van der Waals surface area contributed by atoms with Gasteiger partial charge in [0.2, 0.25) is 5.91 Å². The van der Waals surface area contributed by atoms with E-state index in [2.05, 4.69) is 5.32 Å². The van der Waals surface area contributed by atoms with Gasteiger partial charge in [-0.1, -0.05) is 86.1 Å². The van der Waals surface area contributed by atoms with Gasteiger partial charge in [-0.2, -0.15) is 0 Å². The van der Waals surface area contributed by atoms with Gasteiger partial charge in [-0.3, -0.25) is 9.59 Å². The number of nitrogens with zero attached hydrogens (tertiary/aromatic N) is 1. The minimum absolute atomic E-state index is 0.0254. The molecule has 44 heavy (non-hydrogen) atoms. The molecule has 0 saturated carbocycles. The number of anilines is 2. The lowest BCUT2D eigenvalue weighted by molar-refractivity contribution is -0.141. The molecule has 0 aliphatic rings.